The summed E-state index contributed by atoms with van der Waals surface area (Å²) in [6.45, 7) is 0. The van der Waals surface area contributed by atoms with E-state index in [4.69, 9.17) is 0 Å². The molecule has 0 aliphatic carbocycles. The van der Waals surface area contributed by atoms with Gasteiger partial charge in [-0.05, 0) is 25.5 Å². The lowest BCUT2D eigenvalue weighted by atomic mass is 10.2. The monoisotopic (exact) mass is 191 g/mol. The summed E-state index contributed by atoms with van der Waals surface area (Å²) in [6, 6.07) is 0. The van der Waals surface area contributed by atoms with E-state index in [1.165, 1.54) is 19.3 Å². The second-order valence-corrected chi connectivity index (χ2v) is 2.77. The minimum absolute atomic E-state index is 1.14. The highest BCUT2D eigenvalue weighted by Crippen LogP contribution is 1.99. The van der Waals surface area contributed by atoms with Crippen LogP contribution in [0.15, 0.2) is 4.99 Å². The highest BCUT2D eigenvalue weighted by Gasteiger charge is 1.83. The van der Waals surface area contributed by atoms with Crippen LogP contribution in [0.2, 0.25) is 0 Å². The van der Waals surface area contributed by atoms with Crippen molar-refractivity contribution in [2.24, 2.45) is 4.99 Å². The lowest BCUT2D eigenvalue weighted by Crippen LogP contribution is -1.79. The Bertz CT molecular complexity index is 71.3. The molecule has 0 bridgehead atoms. The van der Waals surface area contributed by atoms with Gasteiger partial charge in [-0.2, -0.15) is 0 Å². The smallest absolute Gasteiger partial charge is 0.0273 e. The van der Waals surface area contributed by atoms with Crippen molar-refractivity contribution in [3.05, 3.63) is 0 Å². The standard InChI is InChI=1S/C7H14BrN/c1-9-7-5-3-2-4-6-8/h7H,2-6H2,1H3/b9-7-. The van der Waals surface area contributed by atoms with Gasteiger partial charge in [-0.3, -0.25) is 0 Å². The van der Waals surface area contributed by atoms with Crippen molar-refractivity contribution in [1.82, 2.24) is 0 Å². The SMILES string of the molecule is C/N=C\CCCCCBr. The molecule has 1 nitrogen and oxygen atoms in total. The molecule has 0 aromatic carbocycles. The number of aliphatic imine (C=N–C) groups is 1. The second-order valence-electron chi connectivity index (χ2n) is 1.98. The van der Waals surface area contributed by atoms with E-state index in [-0.39, 0.29) is 0 Å². The predicted molar refractivity (Wildman–Crippen MR) is 46.7 cm³/mol. The summed E-state index contributed by atoms with van der Waals surface area (Å²) in [5.41, 5.74) is 0. The first-order chi connectivity index (χ1) is 4.41. The van der Waals surface area contributed by atoms with E-state index in [9.17, 15) is 0 Å². The van der Waals surface area contributed by atoms with Crippen molar-refractivity contribution < 1.29 is 0 Å². The zero-order valence-electron chi connectivity index (χ0n) is 5.94. The van der Waals surface area contributed by atoms with Crippen LogP contribution in [0.1, 0.15) is 25.7 Å². The fraction of sp³-hybridized carbons (Fsp3) is 0.857. The van der Waals surface area contributed by atoms with Crippen molar-refractivity contribution >= 4 is 22.1 Å². The minimum Gasteiger partial charge on any atom is -0.301 e. The summed E-state index contributed by atoms with van der Waals surface area (Å²) in [6.07, 6.45) is 7.01. The van der Waals surface area contributed by atoms with Gasteiger partial charge in [0.25, 0.3) is 0 Å². The molecule has 54 valence electrons. The van der Waals surface area contributed by atoms with Gasteiger partial charge in [0.05, 0.1) is 0 Å². The third-order valence-corrected chi connectivity index (χ3v) is 1.71. The molecule has 0 saturated carbocycles. The fourth-order valence-electron chi connectivity index (χ4n) is 0.636. The molecule has 0 radical (unpaired) electrons. The number of alkyl halides is 1. The lowest BCUT2D eigenvalue weighted by Gasteiger charge is -1.91. The van der Waals surface area contributed by atoms with Gasteiger partial charge in [0.1, 0.15) is 0 Å². The van der Waals surface area contributed by atoms with Crippen molar-refractivity contribution in [1.29, 1.82) is 0 Å². The lowest BCUT2D eigenvalue weighted by molar-refractivity contribution is 0.754. The molecule has 0 amide bonds. The van der Waals surface area contributed by atoms with Crippen molar-refractivity contribution in [2.45, 2.75) is 25.7 Å². The molecule has 0 rings (SSSR count). The first kappa shape index (κ1) is 9.15. The number of hydrogen-bond donors (Lipinski definition) is 0. The van der Waals surface area contributed by atoms with Gasteiger partial charge in [-0.25, -0.2) is 0 Å². The summed E-state index contributed by atoms with van der Waals surface area (Å²) in [7, 11) is 1.82. The van der Waals surface area contributed by atoms with E-state index < -0.39 is 0 Å². The van der Waals surface area contributed by atoms with Crippen molar-refractivity contribution in [2.75, 3.05) is 12.4 Å². The van der Waals surface area contributed by atoms with Gasteiger partial charge in [-0.1, -0.05) is 22.4 Å². The molecule has 0 N–H and O–H groups in total. The Morgan fingerprint density at radius 1 is 1.33 bits per heavy atom. The summed E-state index contributed by atoms with van der Waals surface area (Å²) < 4.78 is 0. The summed E-state index contributed by atoms with van der Waals surface area (Å²) in [5, 5.41) is 1.14. The highest BCUT2D eigenvalue weighted by atomic mass is 79.9. The number of unbranched alkanes of at least 4 members (excludes halogenated alkanes) is 3. The average molecular weight is 192 g/mol. The van der Waals surface area contributed by atoms with Gasteiger partial charge in [0.2, 0.25) is 0 Å². The predicted octanol–water partition coefficient (Wildman–Crippen LogP) is 2.64. The van der Waals surface area contributed by atoms with Crippen LogP contribution in [-0.4, -0.2) is 18.6 Å². The third-order valence-electron chi connectivity index (χ3n) is 1.15. The van der Waals surface area contributed by atoms with Crippen molar-refractivity contribution in [3.63, 3.8) is 0 Å². The molecule has 0 heterocycles. The third kappa shape index (κ3) is 8.15. The quantitative estimate of drug-likeness (QED) is 0.360. The maximum atomic E-state index is 3.90. The van der Waals surface area contributed by atoms with Gasteiger partial charge in [0.15, 0.2) is 0 Å². The molecule has 0 unspecified atom stereocenters. The Hall–Kier alpha value is 0.150. The summed E-state index contributed by atoms with van der Waals surface area (Å²) in [4.78, 5) is 3.90. The molecule has 2 heteroatoms. The van der Waals surface area contributed by atoms with Crippen LogP contribution >= 0.6 is 15.9 Å². The first-order valence-electron chi connectivity index (χ1n) is 3.38. The Kier molecular flexibility index (Phi) is 8.29. The summed E-state index contributed by atoms with van der Waals surface area (Å²) in [5.74, 6) is 0. The molecule has 0 aromatic rings. The molecule has 0 saturated heterocycles. The van der Waals surface area contributed by atoms with E-state index in [0.29, 0.717) is 0 Å². The van der Waals surface area contributed by atoms with E-state index in [2.05, 4.69) is 20.9 Å². The van der Waals surface area contributed by atoms with Gasteiger partial charge in [-0.15, -0.1) is 0 Å². The van der Waals surface area contributed by atoms with Crippen molar-refractivity contribution in [3.8, 4) is 0 Å². The Labute approximate surface area is 65.7 Å². The molecule has 0 atom stereocenters. The van der Waals surface area contributed by atoms with Gasteiger partial charge < -0.3 is 4.99 Å². The Morgan fingerprint density at radius 2 is 2.11 bits per heavy atom. The van der Waals surface area contributed by atoms with Gasteiger partial charge in [0, 0.05) is 12.4 Å². The second kappa shape index (κ2) is 8.15. The van der Waals surface area contributed by atoms with Crippen LogP contribution in [0, 0.1) is 0 Å². The van der Waals surface area contributed by atoms with Gasteiger partial charge >= 0.3 is 0 Å². The molecular formula is C7H14BrN. The Balaban J connectivity index is 2.75. The highest BCUT2D eigenvalue weighted by molar-refractivity contribution is 9.09. The maximum absolute atomic E-state index is 3.90. The molecule has 0 aliphatic heterocycles. The average Bonchev–Trinajstić information content (AvgIpc) is 1.89. The fourth-order valence-corrected chi connectivity index (χ4v) is 1.03. The zero-order chi connectivity index (χ0) is 6.95. The number of nitrogens with zero attached hydrogens (tertiary/aromatic N) is 1. The molecule has 9 heavy (non-hydrogen) atoms. The van der Waals surface area contributed by atoms with Crippen LogP contribution in [0.5, 0.6) is 0 Å². The normalized spacial score (nSPS) is 10.9. The van der Waals surface area contributed by atoms with E-state index in [1.54, 1.807) is 0 Å². The molecule has 0 fully saturated rings. The van der Waals surface area contributed by atoms with E-state index in [0.717, 1.165) is 11.8 Å². The van der Waals surface area contributed by atoms with Crippen LogP contribution in [0.3, 0.4) is 0 Å². The largest absolute Gasteiger partial charge is 0.301 e. The maximum Gasteiger partial charge on any atom is 0.0273 e. The zero-order valence-corrected chi connectivity index (χ0v) is 7.52. The molecule has 0 aliphatic rings. The van der Waals surface area contributed by atoms with E-state index >= 15 is 0 Å². The molecule has 0 aromatic heterocycles. The number of hydrogen-bond acceptors (Lipinski definition) is 1. The number of halogens is 1. The number of rotatable bonds is 5. The van der Waals surface area contributed by atoms with E-state index in [1.807, 2.05) is 13.3 Å². The topological polar surface area (TPSA) is 12.4 Å². The van der Waals surface area contributed by atoms with Crippen LogP contribution in [0.4, 0.5) is 0 Å². The van der Waals surface area contributed by atoms with Crippen LogP contribution < -0.4 is 0 Å². The first-order valence-corrected chi connectivity index (χ1v) is 4.50. The van der Waals surface area contributed by atoms with Crippen LogP contribution in [0.25, 0.3) is 0 Å². The summed E-state index contributed by atoms with van der Waals surface area (Å²) >= 11 is 3.38. The minimum atomic E-state index is 1.14. The molecule has 0 spiro atoms. The van der Waals surface area contributed by atoms with Crippen LogP contribution in [-0.2, 0) is 0 Å². The molecular weight excluding hydrogens is 178 g/mol. The Morgan fingerprint density at radius 3 is 2.67 bits per heavy atom.